The van der Waals surface area contributed by atoms with E-state index in [4.69, 9.17) is 0 Å². The van der Waals surface area contributed by atoms with Crippen molar-refractivity contribution in [3.8, 4) is 0 Å². The second kappa shape index (κ2) is 8.44. The summed E-state index contributed by atoms with van der Waals surface area (Å²) in [4.78, 5) is 20.6. The number of aliphatic hydroxyl groups is 1. The third-order valence-electron chi connectivity index (χ3n) is 4.38. The number of aliphatic hydroxyl groups excluding tert-OH is 1. The number of urea groups is 1. The number of nitrogens with one attached hydrogen (secondary N) is 1. The largest absolute Gasteiger partial charge is 0.393 e. The average molecular weight is 334 g/mol. The van der Waals surface area contributed by atoms with E-state index in [2.05, 4.69) is 29.0 Å². The molecule has 1 aromatic rings. The molecular weight excluding hydrogens is 304 g/mol. The zero-order valence-corrected chi connectivity index (χ0v) is 15.0. The maximum atomic E-state index is 12.3. The summed E-state index contributed by atoms with van der Waals surface area (Å²) in [6, 6.07) is 4.06. The van der Waals surface area contributed by atoms with Crippen molar-refractivity contribution in [1.82, 2.24) is 20.1 Å². The number of hydrogen-bond donors (Lipinski definition) is 2. The summed E-state index contributed by atoms with van der Waals surface area (Å²) in [5, 5.41) is 12.5. The molecule has 0 aliphatic carbocycles. The molecule has 24 heavy (non-hydrogen) atoms. The highest BCUT2D eigenvalue weighted by atomic mass is 16.3. The molecule has 2 rings (SSSR count). The Hall–Kier alpha value is -1.66. The van der Waals surface area contributed by atoms with Crippen LogP contribution in [0.2, 0.25) is 0 Å². The molecule has 6 heteroatoms. The number of carbonyl (C=O) groups is 1. The van der Waals surface area contributed by atoms with E-state index in [9.17, 15) is 9.90 Å². The van der Waals surface area contributed by atoms with Gasteiger partial charge in [0, 0.05) is 51.7 Å². The van der Waals surface area contributed by atoms with E-state index >= 15 is 0 Å². The second-order valence-electron chi connectivity index (χ2n) is 7.49. The van der Waals surface area contributed by atoms with Gasteiger partial charge in [-0.25, -0.2) is 4.79 Å². The minimum absolute atomic E-state index is 0.00257. The molecule has 1 aromatic heterocycles. The van der Waals surface area contributed by atoms with Gasteiger partial charge in [-0.05, 0) is 36.5 Å². The maximum Gasteiger partial charge on any atom is 0.317 e. The van der Waals surface area contributed by atoms with Crippen LogP contribution in [0.4, 0.5) is 4.79 Å². The number of rotatable bonds is 6. The predicted molar refractivity (Wildman–Crippen MR) is 94.6 cm³/mol. The van der Waals surface area contributed by atoms with Gasteiger partial charge < -0.3 is 15.3 Å². The van der Waals surface area contributed by atoms with Gasteiger partial charge in [-0.1, -0.05) is 13.8 Å². The number of pyridine rings is 1. The minimum Gasteiger partial charge on any atom is -0.393 e. The van der Waals surface area contributed by atoms with Crippen LogP contribution >= 0.6 is 0 Å². The zero-order chi connectivity index (χ0) is 17.6. The fourth-order valence-corrected chi connectivity index (χ4v) is 3.15. The smallest absolute Gasteiger partial charge is 0.317 e. The summed E-state index contributed by atoms with van der Waals surface area (Å²) in [6.07, 6.45) is 3.95. The first-order valence-corrected chi connectivity index (χ1v) is 8.68. The first-order chi connectivity index (χ1) is 11.4. The topological polar surface area (TPSA) is 68.7 Å². The normalized spacial score (nSPS) is 17.6. The lowest BCUT2D eigenvalue weighted by atomic mass is 9.87. The maximum absolute atomic E-state index is 12.3. The Bertz CT molecular complexity index is 511. The molecule has 1 saturated heterocycles. The number of piperazine rings is 1. The molecule has 1 aliphatic rings. The van der Waals surface area contributed by atoms with Gasteiger partial charge in [0.15, 0.2) is 0 Å². The molecule has 1 fully saturated rings. The lowest BCUT2D eigenvalue weighted by Crippen LogP contribution is -2.52. The molecule has 0 aromatic carbocycles. The molecule has 0 radical (unpaired) electrons. The van der Waals surface area contributed by atoms with Crippen molar-refractivity contribution >= 4 is 6.03 Å². The van der Waals surface area contributed by atoms with Crippen LogP contribution in [-0.4, -0.2) is 64.7 Å². The van der Waals surface area contributed by atoms with Crippen molar-refractivity contribution in [3.05, 3.63) is 30.1 Å². The fourth-order valence-electron chi connectivity index (χ4n) is 3.15. The van der Waals surface area contributed by atoms with E-state index in [0.717, 1.165) is 32.7 Å². The van der Waals surface area contributed by atoms with Crippen LogP contribution in [0.5, 0.6) is 0 Å². The van der Waals surface area contributed by atoms with Crippen LogP contribution in [0.25, 0.3) is 0 Å². The SMILES string of the molecule is CC(O)CC(C)(C)CNC(=O)N1CCN(Cc2ccncc2)CC1. The summed E-state index contributed by atoms with van der Waals surface area (Å²) in [6.45, 7) is 10.6. The van der Waals surface area contributed by atoms with Crippen LogP contribution in [0, 0.1) is 5.41 Å². The predicted octanol–water partition coefficient (Wildman–Crippen LogP) is 1.71. The third kappa shape index (κ3) is 6.09. The van der Waals surface area contributed by atoms with Gasteiger partial charge in [-0.2, -0.15) is 0 Å². The molecule has 134 valence electrons. The van der Waals surface area contributed by atoms with E-state index in [1.165, 1.54) is 5.56 Å². The van der Waals surface area contributed by atoms with Crippen LogP contribution in [0.1, 0.15) is 32.8 Å². The number of carbonyl (C=O) groups excluding carboxylic acids is 1. The summed E-state index contributed by atoms with van der Waals surface area (Å²) >= 11 is 0. The summed E-state index contributed by atoms with van der Waals surface area (Å²) < 4.78 is 0. The first-order valence-electron chi connectivity index (χ1n) is 8.68. The van der Waals surface area contributed by atoms with Crippen molar-refractivity contribution in [1.29, 1.82) is 0 Å². The van der Waals surface area contributed by atoms with Crippen LogP contribution < -0.4 is 5.32 Å². The monoisotopic (exact) mass is 334 g/mol. The lowest BCUT2D eigenvalue weighted by Gasteiger charge is -2.35. The minimum atomic E-state index is -0.353. The zero-order valence-electron chi connectivity index (χ0n) is 15.0. The number of hydrogen-bond acceptors (Lipinski definition) is 4. The van der Waals surface area contributed by atoms with E-state index in [0.29, 0.717) is 13.0 Å². The van der Waals surface area contributed by atoms with Crippen LogP contribution in [0.3, 0.4) is 0 Å². The average Bonchev–Trinajstić information content (AvgIpc) is 2.53. The Morgan fingerprint density at radius 1 is 1.29 bits per heavy atom. The Kier molecular flexibility index (Phi) is 6.57. The van der Waals surface area contributed by atoms with Crippen LogP contribution in [0.15, 0.2) is 24.5 Å². The molecule has 2 heterocycles. The molecular formula is C18H30N4O2. The van der Waals surface area contributed by atoms with Crippen molar-refractivity contribution < 1.29 is 9.90 Å². The van der Waals surface area contributed by atoms with E-state index in [-0.39, 0.29) is 17.6 Å². The molecule has 0 saturated carbocycles. The van der Waals surface area contributed by atoms with Crippen LogP contribution in [-0.2, 0) is 6.54 Å². The third-order valence-corrected chi connectivity index (χ3v) is 4.38. The Balaban J connectivity index is 1.72. The molecule has 2 N–H and O–H groups in total. The summed E-state index contributed by atoms with van der Waals surface area (Å²) in [7, 11) is 0. The van der Waals surface area contributed by atoms with E-state index in [1.807, 2.05) is 29.4 Å². The molecule has 0 bridgehead atoms. The fraction of sp³-hybridized carbons (Fsp3) is 0.667. The molecule has 1 aliphatic heterocycles. The van der Waals surface area contributed by atoms with Crippen molar-refractivity contribution in [2.45, 2.75) is 39.8 Å². The van der Waals surface area contributed by atoms with Crippen molar-refractivity contribution in [3.63, 3.8) is 0 Å². The molecule has 6 nitrogen and oxygen atoms in total. The standard InChI is InChI=1S/C18H30N4O2/c1-15(23)12-18(2,3)14-20-17(24)22-10-8-21(9-11-22)13-16-4-6-19-7-5-16/h4-7,15,23H,8-14H2,1-3H3,(H,20,24). The molecule has 0 spiro atoms. The lowest BCUT2D eigenvalue weighted by molar-refractivity contribution is 0.118. The van der Waals surface area contributed by atoms with Gasteiger partial charge in [0.25, 0.3) is 0 Å². The van der Waals surface area contributed by atoms with Gasteiger partial charge in [-0.15, -0.1) is 0 Å². The molecule has 1 unspecified atom stereocenters. The Morgan fingerprint density at radius 3 is 2.50 bits per heavy atom. The van der Waals surface area contributed by atoms with E-state index < -0.39 is 0 Å². The molecule has 1 atom stereocenters. The van der Waals surface area contributed by atoms with E-state index in [1.54, 1.807) is 6.92 Å². The Labute approximate surface area is 144 Å². The van der Waals surface area contributed by atoms with Crippen molar-refractivity contribution in [2.24, 2.45) is 5.41 Å². The Morgan fingerprint density at radius 2 is 1.92 bits per heavy atom. The van der Waals surface area contributed by atoms with Gasteiger partial charge in [0.1, 0.15) is 0 Å². The van der Waals surface area contributed by atoms with Gasteiger partial charge in [-0.3, -0.25) is 9.88 Å². The molecule has 2 amide bonds. The summed E-state index contributed by atoms with van der Waals surface area (Å²) in [5.41, 5.74) is 1.15. The number of nitrogens with zero attached hydrogens (tertiary/aromatic N) is 3. The number of amides is 2. The summed E-state index contributed by atoms with van der Waals surface area (Å²) in [5.74, 6) is 0. The van der Waals surface area contributed by atoms with Gasteiger partial charge >= 0.3 is 6.03 Å². The van der Waals surface area contributed by atoms with Gasteiger partial charge in [0.05, 0.1) is 6.10 Å². The number of aromatic nitrogens is 1. The van der Waals surface area contributed by atoms with Gasteiger partial charge in [0.2, 0.25) is 0 Å². The first kappa shape index (κ1) is 18.7. The highest BCUT2D eigenvalue weighted by molar-refractivity contribution is 5.74. The quantitative estimate of drug-likeness (QED) is 0.831. The highest BCUT2D eigenvalue weighted by Crippen LogP contribution is 2.21. The highest BCUT2D eigenvalue weighted by Gasteiger charge is 2.24. The second-order valence-corrected chi connectivity index (χ2v) is 7.49. The van der Waals surface area contributed by atoms with Crippen molar-refractivity contribution in [2.75, 3.05) is 32.7 Å².